The van der Waals surface area contributed by atoms with Crippen LogP contribution in [0.4, 0.5) is 0 Å². The average molecular weight is 347 g/mol. The first-order valence-corrected chi connectivity index (χ1v) is 10.4. The van der Waals surface area contributed by atoms with Crippen LogP contribution in [0.2, 0.25) is 0 Å². The zero-order valence-electron chi connectivity index (χ0n) is 17.2. The molecule has 2 heteroatoms. The van der Waals surface area contributed by atoms with Gasteiger partial charge in [0.15, 0.2) is 0 Å². The minimum Gasteiger partial charge on any atom is -0.331 e. The maximum Gasteiger partial charge on any atom is 0.0780 e. The van der Waals surface area contributed by atoms with Gasteiger partial charge < -0.3 is 4.48 Å². The van der Waals surface area contributed by atoms with Gasteiger partial charge in [-0.3, -0.25) is 0 Å². The third kappa shape index (κ3) is 24.8. The monoisotopic (exact) mass is 346 g/mol. The maximum absolute atomic E-state index is 2.30. The van der Waals surface area contributed by atoms with Gasteiger partial charge in [0.25, 0.3) is 0 Å². The van der Waals surface area contributed by atoms with Crippen LogP contribution in [0.25, 0.3) is 0 Å². The largest absolute Gasteiger partial charge is 0.331 e. The number of hydrogen-bond donors (Lipinski definition) is 0. The van der Waals surface area contributed by atoms with Crippen LogP contribution < -0.4 is 0 Å². The summed E-state index contributed by atoms with van der Waals surface area (Å²) in [6.45, 7) is 3.63. The van der Waals surface area contributed by atoms with Crippen LogP contribution >= 0.6 is 9.90 Å². The lowest BCUT2D eigenvalue weighted by molar-refractivity contribution is -0.870. The quantitative estimate of drug-likeness (QED) is 0.151. The predicted octanol–water partition coefficient (Wildman–Crippen LogP) is 7.01. The van der Waals surface area contributed by atoms with Crippen molar-refractivity contribution in [3.8, 4) is 0 Å². The first-order valence-electron chi connectivity index (χ1n) is 10.4. The van der Waals surface area contributed by atoms with Gasteiger partial charge in [0.05, 0.1) is 27.7 Å². The van der Waals surface area contributed by atoms with E-state index in [2.05, 4.69) is 28.1 Å². The van der Waals surface area contributed by atoms with E-state index in [4.69, 9.17) is 0 Å². The second-order valence-corrected chi connectivity index (χ2v) is 8.32. The Bertz CT molecular complexity index is 210. The highest BCUT2D eigenvalue weighted by molar-refractivity contribution is 6.92. The van der Waals surface area contributed by atoms with Crippen LogP contribution in [0.1, 0.15) is 110 Å². The van der Waals surface area contributed by atoms with E-state index < -0.39 is 0 Å². The molecule has 0 spiro atoms. The molecule has 0 fully saturated rings. The Morgan fingerprint density at radius 3 is 0.957 bits per heavy atom. The van der Waals surface area contributed by atoms with Crippen molar-refractivity contribution in [3.05, 3.63) is 0 Å². The van der Waals surface area contributed by atoms with Crippen molar-refractivity contribution in [2.24, 2.45) is 0 Å². The van der Waals surface area contributed by atoms with Gasteiger partial charge in [-0.05, 0) is 12.8 Å². The molecule has 0 rings (SSSR count). The smallest absolute Gasteiger partial charge is 0.0780 e. The molecule has 0 heterocycles. The molecular weight excluding hydrogens is 297 g/mol. The minimum atomic E-state index is 0. The molecule has 0 aromatic heterocycles. The summed E-state index contributed by atoms with van der Waals surface area (Å²) in [5, 5.41) is 0. The first-order chi connectivity index (χ1) is 10.6. The molecule has 1 nitrogen and oxygen atoms in total. The first kappa shape index (κ1) is 25.6. The average Bonchev–Trinajstić information content (AvgIpc) is 2.45. The fourth-order valence-electron chi connectivity index (χ4n) is 3.13. The van der Waals surface area contributed by atoms with Crippen molar-refractivity contribution >= 4 is 9.90 Å². The van der Waals surface area contributed by atoms with Crippen molar-refractivity contribution in [1.82, 2.24) is 0 Å². The van der Waals surface area contributed by atoms with Crippen LogP contribution in [-0.4, -0.2) is 32.2 Å². The molecule has 0 radical (unpaired) electrons. The molecule has 1 unspecified atom stereocenters. The van der Waals surface area contributed by atoms with E-state index >= 15 is 0 Å². The topological polar surface area (TPSA) is 0 Å². The minimum absolute atomic E-state index is 0. The van der Waals surface area contributed by atoms with Crippen molar-refractivity contribution in [1.29, 1.82) is 0 Å². The standard InChI is InChI=1S/C21H46N.H3P/c1-5-6-7-8-9-10-11-12-13-14-15-16-17-18-19-20-21-22(2,3)4;/h5-21H2,1-4H3;1H3/q+1;. The molecular formula is C21H49NP+. The summed E-state index contributed by atoms with van der Waals surface area (Å²) in [6, 6.07) is 0. The lowest BCUT2D eigenvalue weighted by Gasteiger charge is -2.23. The second kappa shape index (κ2) is 18.7. The number of nitrogens with zero attached hydrogens (tertiary/aromatic N) is 1. The Balaban J connectivity index is 0. The molecule has 142 valence electrons. The van der Waals surface area contributed by atoms with Crippen LogP contribution in [-0.2, 0) is 0 Å². The van der Waals surface area contributed by atoms with Gasteiger partial charge >= 0.3 is 0 Å². The molecule has 0 amide bonds. The van der Waals surface area contributed by atoms with Gasteiger partial charge in [0.1, 0.15) is 0 Å². The van der Waals surface area contributed by atoms with E-state index in [1.165, 1.54) is 109 Å². The van der Waals surface area contributed by atoms with Crippen LogP contribution in [0.15, 0.2) is 0 Å². The normalized spacial score (nSPS) is 11.5. The Kier molecular flexibility index (Phi) is 20.9. The zero-order chi connectivity index (χ0) is 16.5. The zero-order valence-corrected chi connectivity index (χ0v) is 18.6. The predicted molar refractivity (Wildman–Crippen MR) is 114 cm³/mol. The molecule has 0 saturated heterocycles. The van der Waals surface area contributed by atoms with Crippen LogP contribution in [0.3, 0.4) is 0 Å². The Labute approximate surface area is 152 Å². The van der Waals surface area contributed by atoms with E-state index in [0.717, 1.165) is 4.48 Å². The van der Waals surface area contributed by atoms with Crippen LogP contribution in [0, 0.1) is 0 Å². The van der Waals surface area contributed by atoms with Gasteiger partial charge in [-0.2, -0.15) is 9.90 Å². The molecule has 0 saturated carbocycles. The highest BCUT2D eigenvalue weighted by atomic mass is 31.0. The molecule has 0 aliphatic rings. The van der Waals surface area contributed by atoms with E-state index in [9.17, 15) is 0 Å². The van der Waals surface area contributed by atoms with Gasteiger partial charge in [0.2, 0.25) is 0 Å². The van der Waals surface area contributed by atoms with Crippen molar-refractivity contribution in [2.75, 3.05) is 27.7 Å². The van der Waals surface area contributed by atoms with E-state index in [1.807, 2.05) is 0 Å². The molecule has 23 heavy (non-hydrogen) atoms. The lowest BCUT2D eigenvalue weighted by Crippen LogP contribution is -2.35. The third-order valence-corrected chi connectivity index (χ3v) is 4.68. The molecule has 0 aliphatic carbocycles. The summed E-state index contributed by atoms with van der Waals surface area (Å²) in [5.41, 5.74) is 0. The van der Waals surface area contributed by atoms with E-state index in [0.29, 0.717) is 0 Å². The highest BCUT2D eigenvalue weighted by Crippen LogP contribution is 2.13. The number of quaternary nitrogens is 1. The van der Waals surface area contributed by atoms with Crippen molar-refractivity contribution < 1.29 is 4.48 Å². The third-order valence-electron chi connectivity index (χ3n) is 4.68. The fourth-order valence-corrected chi connectivity index (χ4v) is 3.13. The molecule has 0 aliphatic heterocycles. The summed E-state index contributed by atoms with van der Waals surface area (Å²) >= 11 is 0. The number of hydrogen-bond acceptors (Lipinski definition) is 0. The Hall–Kier alpha value is 0.390. The van der Waals surface area contributed by atoms with Gasteiger partial charge in [-0.25, -0.2) is 0 Å². The highest BCUT2D eigenvalue weighted by Gasteiger charge is 2.04. The van der Waals surface area contributed by atoms with Gasteiger partial charge in [-0.15, -0.1) is 0 Å². The number of rotatable bonds is 17. The van der Waals surface area contributed by atoms with Crippen molar-refractivity contribution in [2.45, 2.75) is 110 Å². The van der Waals surface area contributed by atoms with Gasteiger partial charge in [0, 0.05) is 0 Å². The molecule has 0 aromatic carbocycles. The van der Waals surface area contributed by atoms with Crippen molar-refractivity contribution in [3.63, 3.8) is 0 Å². The SMILES string of the molecule is CCCCCCCCCCCCCCCCCC[N+](C)(C)C.P. The lowest BCUT2D eigenvalue weighted by atomic mass is 10.0. The Morgan fingerprint density at radius 2 is 0.696 bits per heavy atom. The fraction of sp³-hybridized carbons (Fsp3) is 1.00. The summed E-state index contributed by atoms with van der Waals surface area (Å²) in [5.74, 6) is 0. The van der Waals surface area contributed by atoms with E-state index in [-0.39, 0.29) is 9.90 Å². The molecule has 0 N–H and O–H groups in total. The molecule has 1 atom stereocenters. The van der Waals surface area contributed by atoms with E-state index in [1.54, 1.807) is 0 Å². The summed E-state index contributed by atoms with van der Waals surface area (Å²) in [7, 11) is 6.89. The van der Waals surface area contributed by atoms with Gasteiger partial charge in [-0.1, -0.05) is 96.8 Å². The molecule has 0 aromatic rings. The summed E-state index contributed by atoms with van der Waals surface area (Å²) in [4.78, 5) is 0. The Morgan fingerprint density at radius 1 is 0.435 bits per heavy atom. The number of unbranched alkanes of at least 4 members (excludes halogenated alkanes) is 15. The summed E-state index contributed by atoms with van der Waals surface area (Å²) in [6.07, 6.45) is 23.4. The maximum atomic E-state index is 2.30. The second-order valence-electron chi connectivity index (χ2n) is 8.32. The van der Waals surface area contributed by atoms with Crippen LogP contribution in [0.5, 0.6) is 0 Å². The summed E-state index contributed by atoms with van der Waals surface area (Å²) < 4.78 is 1.12. The molecule has 0 bridgehead atoms.